The van der Waals surface area contributed by atoms with Crippen LogP contribution in [-0.4, -0.2) is 37.2 Å². The van der Waals surface area contributed by atoms with E-state index in [2.05, 4.69) is 93.7 Å². The van der Waals surface area contributed by atoms with Gasteiger partial charge in [0, 0.05) is 19.3 Å². The Kier molecular flexibility index (Phi) is 46.0. The van der Waals surface area contributed by atoms with E-state index in [1.54, 1.807) is 0 Å². The van der Waals surface area contributed by atoms with Gasteiger partial charge in [-0.25, -0.2) is 0 Å². The molecule has 0 saturated heterocycles. The van der Waals surface area contributed by atoms with Gasteiger partial charge in [-0.1, -0.05) is 227 Å². The van der Waals surface area contributed by atoms with Crippen LogP contribution >= 0.6 is 0 Å². The van der Waals surface area contributed by atoms with E-state index in [0.717, 1.165) is 109 Å². The number of rotatable bonds is 43. The Hall–Kier alpha value is -3.67. The Morgan fingerprint density at radius 2 is 0.639 bits per heavy atom. The SMILES string of the molecule is CC\C=C/C=C\C=C/C=C\CCCCCCCC(=O)OC(COC(=O)CCCCCCC\C=C/C=C\C=C/C=C\CCCCC)COC(=O)CCCCCCCCCCCC. The fourth-order valence-electron chi connectivity index (χ4n) is 6.52. The van der Waals surface area contributed by atoms with Crippen LogP contribution in [0.3, 0.4) is 0 Å². The smallest absolute Gasteiger partial charge is 0.306 e. The molecule has 0 spiro atoms. The summed E-state index contributed by atoms with van der Waals surface area (Å²) in [5, 5.41) is 0. The fourth-order valence-corrected chi connectivity index (χ4v) is 6.52. The van der Waals surface area contributed by atoms with Gasteiger partial charge in [0.25, 0.3) is 0 Å². The molecule has 346 valence electrons. The highest BCUT2D eigenvalue weighted by Crippen LogP contribution is 2.14. The van der Waals surface area contributed by atoms with Gasteiger partial charge >= 0.3 is 17.9 Å². The predicted molar refractivity (Wildman–Crippen MR) is 260 cm³/mol. The van der Waals surface area contributed by atoms with E-state index in [1.165, 1.54) is 64.2 Å². The molecule has 6 nitrogen and oxygen atoms in total. The molecule has 0 radical (unpaired) electrons. The van der Waals surface area contributed by atoms with Gasteiger partial charge in [0.05, 0.1) is 0 Å². The predicted octanol–water partition coefficient (Wildman–Crippen LogP) is 16.2. The van der Waals surface area contributed by atoms with Crippen molar-refractivity contribution in [2.75, 3.05) is 13.2 Å². The molecule has 0 heterocycles. The average Bonchev–Trinajstić information content (AvgIpc) is 3.26. The zero-order valence-corrected chi connectivity index (χ0v) is 39.4. The summed E-state index contributed by atoms with van der Waals surface area (Å²) in [6.07, 6.45) is 63.8. The number of esters is 3. The first-order valence-corrected chi connectivity index (χ1v) is 24.8. The number of hydrogen-bond acceptors (Lipinski definition) is 6. The molecule has 0 aromatic heterocycles. The molecule has 0 bridgehead atoms. The van der Waals surface area contributed by atoms with Crippen LogP contribution in [0.25, 0.3) is 0 Å². The van der Waals surface area contributed by atoms with Crippen molar-refractivity contribution in [1.29, 1.82) is 0 Å². The lowest BCUT2D eigenvalue weighted by Crippen LogP contribution is -2.30. The van der Waals surface area contributed by atoms with Crippen LogP contribution in [0.15, 0.2) is 97.2 Å². The van der Waals surface area contributed by atoms with Crippen LogP contribution in [0.2, 0.25) is 0 Å². The summed E-state index contributed by atoms with van der Waals surface area (Å²) in [7, 11) is 0. The van der Waals surface area contributed by atoms with Crippen LogP contribution in [0.1, 0.15) is 213 Å². The molecular formula is C55H90O6. The van der Waals surface area contributed by atoms with Crippen LogP contribution in [0.5, 0.6) is 0 Å². The first-order valence-electron chi connectivity index (χ1n) is 24.8. The van der Waals surface area contributed by atoms with Crippen LogP contribution in [0.4, 0.5) is 0 Å². The lowest BCUT2D eigenvalue weighted by atomic mass is 10.1. The summed E-state index contributed by atoms with van der Waals surface area (Å²) < 4.78 is 16.7. The van der Waals surface area contributed by atoms with Crippen molar-refractivity contribution in [1.82, 2.24) is 0 Å². The highest BCUT2D eigenvalue weighted by atomic mass is 16.6. The Morgan fingerprint density at radius 1 is 0.344 bits per heavy atom. The molecular weight excluding hydrogens is 757 g/mol. The first-order chi connectivity index (χ1) is 30.0. The normalized spacial score (nSPS) is 12.9. The minimum absolute atomic E-state index is 0.0953. The summed E-state index contributed by atoms with van der Waals surface area (Å²) in [5.41, 5.74) is 0. The van der Waals surface area contributed by atoms with E-state index in [4.69, 9.17) is 14.2 Å². The Labute approximate surface area is 375 Å². The second-order valence-corrected chi connectivity index (χ2v) is 16.2. The highest BCUT2D eigenvalue weighted by molar-refractivity contribution is 5.71. The molecule has 0 aromatic carbocycles. The van der Waals surface area contributed by atoms with Crippen LogP contribution in [0, 0.1) is 0 Å². The standard InChI is InChI=1S/C55H90O6/c1-4-7-10-13-16-19-22-24-26-27-28-30-31-33-36-39-42-45-48-54(57)60-51-52(50-59-53(56)47-44-41-38-35-21-18-15-12-9-6-3)61-55(58)49-46-43-40-37-34-32-29-25-23-20-17-14-11-8-5-2/h8,11,14,16-17,19-20,22-30,52H,4-7,9-10,12-13,15,18,21,31-51H2,1-3H3/b11-8-,17-14-,19-16-,23-20-,24-22-,27-26-,29-25-,30-28-. The van der Waals surface area contributed by atoms with Crippen molar-refractivity contribution >= 4 is 17.9 Å². The molecule has 0 amide bonds. The number of unbranched alkanes of at least 4 members (excludes halogenated alkanes) is 22. The van der Waals surface area contributed by atoms with Crippen molar-refractivity contribution in [3.05, 3.63) is 97.2 Å². The van der Waals surface area contributed by atoms with Gasteiger partial charge < -0.3 is 14.2 Å². The topological polar surface area (TPSA) is 78.9 Å². The van der Waals surface area contributed by atoms with Gasteiger partial charge in [0.15, 0.2) is 6.10 Å². The Morgan fingerprint density at radius 3 is 1.03 bits per heavy atom. The molecule has 61 heavy (non-hydrogen) atoms. The molecule has 0 aliphatic rings. The molecule has 0 aromatic rings. The molecule has 0 rings (SSSR count). The van der Waals surface area contributed by atoms with Gasteiger partial charge in [-0.3, -0.25) is 14.4 Å². The second-order valence-electron chi connectivity index (χ2n) is 16.2. The minimum Gasteiger partial charge on any atom is -0.462 e. The third-order valence-electron chi connectivity index (χ3n) is 10.3. The van der Waals surface area contributed by atoms with Crippen molar-refractivity contribution in [2.45, 2.75) is 219 Å². The molecule has 1 unspecified atom stereocenters. The quantitative estimate of drug-likeness (QED) is 0.0263. The van der Waals surface area contributed by atoms with Gasteiger partial charge in [0.1, 0.15) is 13.2 Å². The lowest BCUT2D eigenvalue weighted by Gasteiger charge is -2.18. The fraction of sp³-hybridized carbons (Fsp3) is 0.655. The zero-order valence-electron chi connectivity index (χ0n) is 39.4. The minimum atomic E-state index is -0.798. The Balaban J connectivity index is 4.46. The lowest BCUT2D eigenvalue weighted by molar-refractivity contribution is -0.167. The van der Waals surface area contributed by atoms with Crippen molar-refractivity contribution < 1.29 is 28.6 Å². The monoisotopic (exact) mass is 847 g/mol. The van der Waals surface area contributed by atoms with E-state index < -0.39 is 6.10 Å². The zero-order chi connectivity index (χ0) is 44.4. The number of allylic oxidation sites excluding steroid dienone is 16. The molecule has 0 aliphatic heterocycles. The summed E-state index contributed by atoms with van der Waals surface area (Å²) in [6, 6.07) is 0. The van der Waals surface area contributed by atoms with Gasteiger partial charge in [0.2, 0.25) is 0 Å². The van der Waals surface area contributed by atoms with E-state index in [-0.39, 0.29) is 31.1 Å². The van der Waals surface area contributed by atoms with Gasteiger partial charge in [-0.05, 0) is 64.2 Å². The maximum atomic E-state index is 12.8. The number of carbonyl (C=O) groups is 3. The second kappa shape index (κ2) is 49.0. The highest BCUT2D eigenvalue weighted by Gasteiger charge is 2.19. The van der Waals surface area contributed by atoms with Crippen LogP contribution < -0.4 is 0 Å². The summed E-state index contributed by atoms with van der Waals surface area (Å²) in [6.45, 7) is 6.39. The van der Waals surface area contributed by atoms with E-state index in [9.17, 15) is 14.4 Å². The number of ether oxygens (including phenoxy) is 3. The Bertz CT molecular complexity index is 1250. The number of carbonyl (C=O) groups excluding carboxylic acids is 3. The molecule has 0 fully saturated rings. The molecule has 1 atom stereocenters. The summed E-state index contributed by atoms with van der Waals surface area (Å²) in [5.74, 6) is -0.949. The third-order valence-corrected chi connectivity index (χ3v) is 10.3. The first kappa shape index (κ1) is 57.3. The summed E-state index contributed by atoms with van der Waals surface area (Å²) in [4.78, 5) is 37.9. The molecule has 6 heteroatoms. The van der Waals surface area contributed by atoms with E-state index >= 15 is 0 Å². The van der Waals surface area contributed by atoms with E-state index in [1.807, 2.05) is 24.3 Å². The maximum absolute atomic E-state index is 12.8. The van der Waals surface area contributed by atoms with Crippen molar-refractivity contribution in [3.8, 4) is 0 Å². The van der Waals surface area contributed by atoms with E-state index in [0.29, 0.717) is 19.3 Å². The molecule has 0 saturated carbocycles. The third kappa shape index (κ3) is 47.2. The molecule has 0 N–H and O–H groups in total. The molecule has 0 aliphatic carbocycles. The van der Waals surface area contributed by atoms with Crippen molar-refractivity contribution in [3.63, 3.8) is 0 Å². The maximum Gasteiger partial charge on any atom is 0.306 e. The van der Waals surface area contributed by atoms with Gasteiger partial charge in [-0.15, -0.1) is 0 Å². The average molecular weight is 847 g/mol. The van der Waals surface area contributed by atoms with Crippen LogP contribution in [-0.2, 0) is 28.6 Å². The van der Waals surface area contributed by atoms with Crippen molar-refractivity contribution in [2.24, 2.45) is 0 Å². The number of hydrogen-bond donors (Lipinski definition) is 0. The largest absolute Gasteiger partial charge is 0.462 e. The summed E-state index contributed by atoms with van der Waals surface area (Å²) >= 11 is 0. The van der Waals surface area contributed by atoms with Gasteiger partial charge in [-0.2, -0.15) is 0 Å².